The van der Waals surface area contributed by atoms with E-state index in [-0.39, 0.29) is 18.6 Å². The van der Waals surface area contributed by atoms with Gasteiger partial charge in [0, 0.05) is 24.5 Å². The van der Waals surface area contributed by atoms with Gasteiger partial charge in [0.25, 0.3) is 0 Å². The van der Waals surface area contributed by atoms with E-state index in [9.17, 15) is 9.59 Å². The average molecular weight is 422 g/mol. The highest BCUT2D eigenvalue weighted by molar-refractivity contribution is 5.95. The van der Waals surface area contributed by atoms with Crippen molar-refractivity contribution >= 4 is 17.7 Å². The van der Waals surface area contributed by atoms with Gasteiger partial charge in [-0.2, -0.15) is 0 Å². The number of nitrogens with one attached hydrogen (secondary N) is 2. The van der Waals surface area contributed by atoms with Crippen LogP contribution in [0.3, 0.4) is 0 Å². The molecule has 0 bridgehead atoms. The molecule has 0 fully saturated rings. The van der Waals surface area contributed by atoms with Crippen LogP contribution in [0, 0.1) is 5.92 Å². The molecule has 1 aliphatic rings. The minimum absolute atomic E-state index is 0.0197. The van der Waals surface area contributed by atoms with Crippen LogP contribution in [-0.4, -0.2) is 25.2 Å². The van der Waals surface area contributed by atoms with E-state index in [0.29, 0.717) is 11.3 Å². The SMILES string of the molecule is CCOC(=O)C1=C(C(C)C)NC(=O)NC1c1ccc(N(CC)Cc2ccccc2)cc1. The van der Waals surface area contributed by atoms with E-state index in [0.717, 1.165) is 24.3 Å². The largest absolute Gasteiger partial charge is 0.463 e. The minimum Gasteiger partial charge on any atom is -0.463 e. The number of amides is 2. The molecule has 2 aromatic rings. The second kappa shape index (κ2) is 10.2. The molecule has 2 amide bonds. The molecule has 0 aromatic heterocycles. The molecule has 164 valence electrons. The topological polar surface area (TPSA) is 70.7 Å². The van der Waals surface area contributed by atoms with Crippen LogP contribution in [0.5, 0.6) is 0 Å². The number of nitrogens with zero attached hydrogens (tertiary/aromatic N) is 1. The summed E-state index contributed by atoms with van der Waals surface area (Å²) in [7, 11) is 0. The Balaban J connectivity index is 1.90. The van der Waals surface area contributed by atoms with Crippen molar-refractivity contribution in [1.29, 1.82) is 0 Å². The Hall–Kier alpha value is -3.28. The van der Waals surface area contributed by atoms with Gasteiger partial charge in [-0.25, -0.2) is 9.59 Å². The first-order valence-electron chi connectivity index (χ1n) is 10.8. The van der Waals surface area contributed by atoms with E-state index in [1.165, 1.54) is 5.56 Å². The molecular weight excluding hydrogens is 390 g/mol. The quantitative estimate of drug-likeness (QED) is 0.614. The zero-order chi connectivity index (χ0) is 22.4. The molecule has 0 aliphatic carbocycles. The van der Waals surface area contributed by atoms with Gasteiger partial charge in [0.15, 0.2) is 0 Å². The number of carbonyl (C=O) groups excluding carboxylic acids is 2. The van der Waals surface area contributed by atoms with Gasteiger partial charge in [0.2, 0.25) is 0 Å². The maximum atomic E-state index is 12.7. The molecule has 1 aliphatic heterocycles. The molecule has 2 aromatic carbocycles. The van der Waals surface area contributed by atoms with Crippen LogP contribution in [0.1, 0.15) is 44.9 Å². The van der Waals surface area contributed by atoms with Gasteiger partial charge < -0.3 is 20.3 Å². The van der Waals surface area contributed by atoms with Crippen LogP contribution in [0.25, 0.3) is 0 Å². The number of carbonyl (C=O) groups is 2. The Morgan fingerprint density at radius 3 is 2.32 bits per heavy atom. The zero-order valence-corrected chi connectivity index (χ0v) is 18.6. The molecule has 0 spiro atoms. The van der Waals surface area contributed by atoms with Crippen molar-refractivity contribution in [1.82, 2.24) is 10.6 Å². The third-order valence-corrected chi connectivity index (χ3v) is 5.36. The Bertz CT molecular complexity index is 936. The summed E-state index contributed by atoms with van der Waals surface area (Å²) >= 11 is 0. The van der Waals surface area contributed by atoms with Gasteiger partial charge in [-0.3, -0.25) is 0 Å². The molecule has 6 heteroatoms. The van der Waals surface area contributed by atoms with E-state index in [4.69, 9.17) is 4.74 Å². The first-order valence-corrected chi connectivity index (χ1v) is 10.8. The predicted octanol–water partition coefficient (Wildman–Crippen LogP) is 4.54. The van der Waals surface area contributed by atoms with E-state index in [1.807, 2.05) is 56.3 Å². The van der Waals surface area contributed by atoms with Crippen LogP contribution in [-0.2, 0) is 16.1 Å². The van der Waals surface area contributed by atoms with E-state index in [1.54, 1.807) is 6.92 Å². The summed E-state index contributed by atoms with van der Waals surface area (Å²) in [5.41, 5.74) is 4.24. The molecule has 6 nitrogen and oxygen atoms in total. The number of allylic oxidation sites excluding steroid dienone is 1. The molecule has 3 rings (SSSR count). The molecule has 0 radical (unpaired) electrons. The van der Waals surface area contributed by atoms with Crippen LogP contribution >= 0.6 is 0 Å². The van der Waals surface area contributed by atoms with Gasteiger partial charge in [0.05, 0.1) is 18.2 Å². The molecular formula is C25H31N3O3. The lowest BCUT2D eigenvalue weighted by atomic mass is 9.91. The summed E-state index contributed by atoms with van der Waals surface area (Å²) in [6.45, 7) is 9.75. The third kappa shape index (κ3) is 5.26. The second-order valence-electron chi connectivity index (χ2n) is 7.83. The van der Waals surface area contributed by atoms with Crippen molar-refractivity contribution in [2.24, 2.45) is 5.92 Å². The van der Waals surface area contributed by atoms with Crippen molar-refractivity contribution in [3.63, 3.8) is 0 Å². The van der Waals surface area contributed by atoms with Gasteiger partial charge in [-0.15, -0.1) is 0 Å². The Kier molecular flexibility index (Phi) is 7.34. The normalized spacial score (nSPS) is 16.0. The predicted molar refractivity (Wildman–Crippen MR) is 123 cm³/mol. The number of benzene rings is 2. The highest BCUT2D eigenvalue weighted by Gasteiger charge is 2.34. The Morgan fingerprint density at radius 2 is 1.74 bits per heavy atom. The fraction of sp³-hybridized carbons (Fsp3) is 0.360. The fourth-order valence-electron chi connectivity index (χ4n) is 3.79. The highest BCUT2D eigenvalue weighted by Crippen LogP contribution is 2.31. The smallest absolute Gasteiger partial charge is 0.338 e. The summed E-state index contributed by atoms with van der Waals surface area (Å²) in [6, 6.07) is 17.5. The van der Waals surface area contributed by atoms with Crippen LogP contribution in [0.15, 0.2) is 65.9 Å². The second-order valence-corrected chi connectivity index (χ2v) is 7.83. The number of esters is 1. The lowest BCUT2D eigenvalue weighted by Gasteiger charge is -2.31. The number of urea groups is 1. The Morgan fingerprint density at radius 1 is 1.06 bits per heavy atom. The summed E-state index contributed by atoms with van der Waals surface area (Å²) in [5, 5.41) is 5.68. The number of hydrogen-bond donors (Lipinski definition) is 2. The van der Waals surface area contributed by atoms with Crippen molar-refractivity contribution < 1.29 is 14.3 Å². The zero-order valence-electron chi connectivity index (χ0n) is 18.6. The van der Waals surface area contributed by atoms with Crippen LogP contribution < -0.4 is 15.5 Å². The Labute approximate surface area is 184 Å². The average Bonchev–Trinajstić information content (AvgIpc) is 2.77. The van der Waals surface area contributed by atoms with Gasteiger partial charge in [0.1, 0.15) is 0 Å². The van der Waals surface area contributed by atoms with Crippen LogP contribution in [0.4, 0.5) is 10.5 Å². The number of hydrogen-bond acceptors (Lipinski definition) is 4. The minimum atomic E-state index is -0.552. The molecule has 0 saturated carbocycles. The maximum Gasteiger partial charge on any atom is 0.338 e. The summed E-state index contributed by atoms with van der Waals surface area (Å²) in [6.07, 6.45) is 0. The van der Waals surface area contributed by atoms with Gasteiger partial charge >= 0.3 is 12.0 Å². The van der Waals surface area contributed by atoms with Crippen molar-refractivity contribution in [2.75, 3.05) is 18.1 Å². The van der Waals surface area contributed by atoms with Gasteiger partial charge in [-0.1, -0.05) is 56.3 Å². The van der Waals surface area contributed by atoms with E-state index < -0.39 is 12.0 Å². The van der Waals surface area contributed by atoms with E-state index in [2.05, 4.69) is 34.6 Å². The number of rotatable bonds is 8. The van der Waals surface area contributed by atoms with Gasteiger partial charge in [-0.05, 0) is 43.0 Å². The third-order valence-electron chi connectivity index (χ3n) is 5.36. The van der Waals surface area contributed by atoms with Crippen molar-refractivity contribution in [3.8, 4) is 0 Å². The monoisotopic (exact) mass is 421 g/mol. The standard InChI is InChI=1S/C25H31N3O3/c1-5-28(16-18-10-8-7-9-11-18)20-14-12-19(13-15-20)23-21(24(29)31-6-2)22(17(3)4)26-25(30)27-23/h7-15,17,23H,5-6,16H2,1-4H3,(H2,26,27,30). The molecule has 1 unspecified atom stereocenters. The van der Waals surface area contributed by atoms with E-state index >= 15 is 0 Å². The maximum absolute atomic E-state index is 12.7. The number of ether oxygens (including phenoxy) is 1. The highest BCUT2D eigenvalue weighted by atomic mass is 16.5. The fourth-order valence-corrected chi connectivity index (χ4v) is 3.79. The van der Waals surface area contributed by atoms with Crippen molar-refractivity contribution in [2.45, 2.75) is 40.3 Å². The summed E-state index contributed by atoms with van der Waals surface area (Å²) < 4.78 is 5.30. The molecule has 2 N–H and O–H groups in total. The van der Waals surface area contributed by atoms with Crippen LogP contribution in [0.2, 0.25) is 0 Å². The molecule has 1 atom stereocenters. The molecule has 1 heterocycles. The first-order chi connectivity index (χ1) is 14.9. The number of anilines is 1. The summed E-state index contributed by atoms with van der Waals surface area (Å²) in [4.78, 5) is 27.3. The molecule has 0 saturated heterocycles. The molecule has 31 heavy (non-hydrogen) atoms. The first kappa shape index (κ1) is 22.4. The lowest BCUT2D eigenvalue weighted by molar-refractivity contribution is -0.139. The van der Waals surface area contributed by atoms with Crippen molar-refractivity contribution in [3.05, 3.63) is 77.0 Å². The lowest BCUT2D eigenvalue weighted by Crippen LogP contribution is -2.47. The summed E-state index contributed by atoms with van der Waals surface area (Å²) in [5.74, 6) is -0.430.